The Balaban J connectivity index is 1.60. The van der Waals surface area contributed by atoms with Gasteiger partial charge in [0.15, 0.2) is 17.1 Å². The molecule has 0 aliphatic carbocycles. The zero-order valence-corrected chi connectivity index (χ0v) is 18.3. The third-order valence-corrected chi connectivity index (χ3v) is 5.60. The first-order valence-corrected chi connectivity index (χ1v) is 10.5. The highest BCUT2D eigenvalue weighted by Crippen LogP contribution is 2.25. The second-order valence-electron chi connectivity index (χ2n) is 6.77. The zero-order chi connectivity index (χ0) is 21.0. The maximum Gasteiger partial charge on any atom is 0.234 e. The number of nitrogens with one attached hydrogen (secondary N) is 1. The van der Waals surface area contributed by atoms with Crippen LogP contribution in [0.5, 0.6) is 5.75 Å². The zero-order valence-electron chi connectivity index (χ0n) is 16.8. The Labute approximate surface area is 179 Å². The smallest absolute Gasteiger partial charge is 0.234 e. The van der Waals surface area contributed by atoms with Crippen molar-refractivity contribution < 1.29 is 9.53 Å². The lowest BCUT2D eigenvalue weighted by Crippen LogP contribution is -2.15. The molecule has 1 N–H and O–H groups in total. The van der Waals surface area contributed by atoms with Crippen molar-refractivity contribution in [3.05, 3.63) is 64.4 Å². The van der Waals surface area contributed by atoms with Crippen molar-refractivity contribution in [2.45, 2.75) is 32.0 Å². The highest BCUT2D eigenvalue weighted by Gasteiger charge is 2.18. The second-order valence-corrected chi connectivity index (χ2v) is 8.15. The Morgan fingerprint density at radius 2 is 2.03 bits per heavy atom. The first kappa shape index (κ1) is 21.2. The van der Waals surface area contributed by atoms with Crippen LogP contribution in [0.4, 0.5) is 5.69 Å². The van der Waals surface area contributed by atoms with Crippen LogP contribution in [0.2, 0.25) is 5.02 Å². The number of carbonyl (C=O) groups is 1. The van der Waals surface area contributed by atoms with Crippen LogP contribution in [0.1, 0.15) is 30.0 Å². The lowest BCUT2D eigenvalue weighted by molar-refractivity contribution is -0.113. The summed E-state index contributed by atoms with van der Waals surface area (Å²) in [4.78, 5) is 12.3. The molecule has 152 valence electrons. The maximum absolute atomic E-state index is 12.3. The molecule has 1 amide bonds. The van der Waals surface area contributed by atoms with Gasteiger partial charge in [-0.3, -0.25) is 4.79 Å². The number of nitrogens with zero attached hydrogens (tertiary/aromatic N) is 3. The highest BCUT2D eigenvalue weighted by atomic mass is 35.5. The lowest BCUT2D eigenvalue weighted by atomic mass is 10.1. The van der Waals surface area contributed by atoms with Gasteiger partial charge in [-0.25, -0.2) is 0 Å². The van der Waals surface area contributed by atoms with Crippen molar-refractivity contribution in [2.24, 2.45) is 7.05 Å². The van der Waals surface area contributed by atoms with Gasteiger partial charge < -0.3 is 14.6 Å². The van der Waals surface area contributed by atoms with Gasteiger partial charge in [0, 0.05) is 17.8 Å². The molecule has 0 aliphatic heterocycles. The van der Waals surface area contributed by atoms with E-state index in [2.05, 4.69) is 15.5 Å². The molecule has 0 saturated heterocycles. The number of anilines is 1. The Morgan fingerprint density at radius 3 is 2.79 bits per heavy atom. The monoisotopic (exact) mass is 430 g/mol. The Morgan fingerprint density at radius 1 is 1.24 bits per heavy atom. The molecule has 3 aromatic rings. The van der Waals surface area contributed by atoms with Gasteiger partial charge in [0.2, 0.25) is 5.91 Å². The molecule has 0 fully saturated rings. The summed E-state index contributed by atoms with van der Waals surface area (Å²) in [6, 6.07) is 13.2. The second kappa shape index (κ2) is 9.33. The quantitative estimate of drug-likeness (QED) is 0.536. The fourth-order valence-electron chi connectivity index (χ4n) is 2.79. The number of halogens is 1. The molecule has 2 aromatic carbocycles. The summed E-state index contributed by atoms with van der Waals surface area (Å²) in [7, 11) is 1.86. The number of amides is 1. The van der Waals surface area contributed by atoms with E-state index in [0.29, 0.717) is 21.8 Å². The number of benzene rings is 2. The van der Waals surface area contributed by atoms with Gasteiger partial charge in [-0.05, 0) is 56.2 Å². The van der Waals surface area contributed by atoms with Crippen LogP contribution in [0.3, 0.4) is 0 Å². The van der Waals surface area contributed by atoms with E-state index in [-0.39, 0.29) is 17.8 Å². The third kappa shape index (κ3) is 5.52. The molecule has 0 saturated carbocycles. The number of aromatic nitrogens is 3. The van der Waals surface area contributed by atoms with Crippen LogP contribution in [-0.2, 0) is 11.8 Å². The van der Waals surface area contributed by atoms with Crippen LogP contribution in [-0.4, -0.2) is 26.4 Å². The molecule has 1 atom stereocenters. The lowest BCUT2D eigenvalue weighted by Gasteiger charge is -2.14. The molecular formula is C21H23ClN4O2S. The van der Waals surface area contributed by atoms with E-state index in [9.17, 15) is 4.79 Å². The van der Waals surface area contributed by atoms with E-state index in [1.807, 2.05) is 62.7 Å². The predicted molar refractivity (Wildman–Crippen MR) is 117 cm³/mol. The number of carbonyl (C=O) groups excluding carboxylic acids is 1. The number of hydrogen-bond acceptors (Lipinski definition) is 5. The van der Waals surface area contributed by atoms with Crippen LogP contribution < -0.4 is 10.1 Å². The summed E-state index contributed by atoms with van der Waals surface area (Å²) in [5.41, 5.74) is 2.96. The van der Waals surface area contributed by atoms with Crippen molar-refractivity contribution in [2.75, 3.05) is 11.1 Å². The summed E-state index contributed by atoms with van der Waals surface area (Å²) in [6.07, 6.45) is -0.316. The van der Waals surface area contributed by atoms with E-state index in [0.717, 1.165) is 16.8 Å². The minimum atomic E-state index is -0.316. The minimum Gasteiger partial charge on any atom is -0.483 e. The largest absolute Gasteiger partial charge is 0.483 e. The van der Waals surface area contributed by atoms with Crippen molar-refractivity contribution >= 4 is 35.0 Å². The van der Waals surface area contributed by atoms with Crippen LogP contribution >= 0.6 is 23.4 Å². The van der Waals surface area contributed by atoms with Crippen LogP contribution in [0, 0.1) is 13.8 Å². The average Bonchev–Trinajstić information content (AvgIpc) is 3.04. The van der Waals surface area contributed by atoms with E-state index < -0.39 is 0 Å². The van der Waals surface area contributed by atoms with Gasteiger partial charge in [-0.15, -0.1) is 10.2 Å². The molecule has 0 spiro atoms. The first-order valence-electron chi connectivity index (χ1n) is 9.15. The summed E-state index contributed by atoms with van der Waals surface area (Å²) < 4.78 is 7.75. The van der Waals surface area contributed by atoms with Crippen molar-refractivity contribution in [1.29, 1.82) is 0 Å². The van der Waals surface area contributed by atoms with Crippen LogP contribution in [0.25, 0.3) is 0 Å². The molecule has 1 heterocycles. The Hall–Kier alpha value is -2.51. The molecule has 29 heavy (non-hydrogen) atoms. The average molecular weight is 431 g/mol. The maximum atomic E-state index is 12.3. The van der Waals surface area contributed by atoms with Crippen molar-refractivity contribution in [1.82, 2.24) is 14.8 Å². The molecule has 0 bridgehead atoms. The first-order chi connectivity index (χ1) is 13.8. The van der Waals surface area contributed by atoms with Gasteiger partial charge in [0.1, 0.15) is 5.75 Å². The van der Waals surface area contributed by atoms with Crippen molar-refractivity contribution in [3.63, 3.8) is 0 Å². The van der Waals surface area contributed by atoms with E-state index >= 15 is 0 Å². The fourth-order valence-corrected chi connectivity index (χ4v) is 3.69. The third-order valence-electron chi connectivity index (χ3n) is 4.34. The summed E-state index contributed by atoms with van der Waals surface area (Å²) >= 11 is 7.33. The van der Waals surface area contributed by atoms with Crippen molar-refractivity contribution in [3.8, 4) is 5.75 Å². The molecule has 1 aromatic heterocycles. The Kier molecular flexibility index (Phi) is 6.82. The molecule has 8 heteroatoms. The predicted octanol–water partition coefficient (Wildman–Crippen LogP) is 4.96. The number of aryl methyl sites for hydroxylation is 2. The number of ether oxygens (including phenoxy) is 1. The minimum absolute atomic E-state index is 0.0866. The molecule has 0 aliphatic rings. The highest BCUT2D eigenvalue weighted by molar-refractivity contribution is 7.99. The van der Waals surface area contributed by atoms with E-state index in [1.54, 1.807) is 12.1 Å². The number of thioether (sulfide) groups is 1. The van der Waals surface area contributed by atoms with Gasteiger partial charge in [0.25, 0.3) is 0 Å². The van der Waals surface area contributed by atoms with Gasteiger partial charge in [-0.2, -0.15) is 0 Å². The normalized spacial score (nSPS) is 11.9. The fraction of sp³-hybridized carbons (Fsp3) is 0.286. The van der Waals surface area contributed by atoms with E-state index in [1.165, 1.54) is 11.8 Å². The standard InChI is InChI=1S/C21H23ClN4O2S/c1-13-8-9-14(2)18(10-13)23-19(27)12-29-21-25-24-20(26(21)4)15(3)28-17-7-5-6-16(22)11-17/h5-11,15H,12H2,1-4H3,(H,23,27). The molecule has 0 radical (unpaired) electrons. The summed E-state index contributed by atoms with van der Waals surface area (Å²) in [5.74, 6) is 1.48. The van der Waals surface area contributed by atoms with Gasteiger partial charge in [-0.1, -0.05) is 41.6 Å². The Bertz CT molecular complexity index is 1020. The molecule has 1 unspecified atom stereocenters. The topological polar surface area (TPSA) is 69.0 Å². The van der Waals surface area contributed by atoms with Gasteiger partial charge in [0.05, 0.1) is 5.75 Å². The number of hydrogen-bond donors (Lipinski definition) is 1. The SMILES string of the molecule is Cc1ccc(C)c(NC(=O)CSc2nnc(C(C)Oc3cccc(Cl)c3)n2C)c1. The molecular weight excluding hydrogens is 408 g/mol. The molecule has 6 nitrogen and oxygen atoms in total. The summed E-state index contributed by atoms with van der Waals surface area (Å²) in [5, 5.41) is 12.6. The van der Waals surface area contributed by atoms with Crippen LogP contribution in [0.15, 0.2) is 47.6 Å². The van der Waals surface area contributed by atoms with Gasteiger partial charge >= 0.3 is 0 Å². The van der Waals surface area contributed by atoms with E-state index in [4.69, 9.17) is 16.3 Å². The summed E-state index contributed by atoms with van der Waals surface area (Å²) in [6.45, 7) is 5.86. The molecule has 3 rings (SSSR count). The number of rotatable bonds is 7.